The van der Waals surface area contributed by atoms with Gasteiger partial charge in [-0.2, -0.15) is 0 Å². The highest BCUT2D eigenvalue weighted by Crippen LogP contribution is 2.33. The molecule has 14 heavy (non-hydrogen) atoms. The van der Waals surface area contributed by atoms with Gasteiger partial charge in [0.25, 0.3) is 0 Å². The molecule has 1 aromatic rings. The van der Waals surface area contributed by atoms with E-state index in [1.165, 1.54) is 6.08 Å². The maximum absolute atomic E-state index is 10.5. The highest BCUT2D eigenvalue weighted by Gasteiger charge is 2.12. The second-order valence-corrected chi connectivity index (χ2v) is 3.93. The molecule has 72 valence electrons. The lowest BCUT2D eigenvalue weighted by molar-refractivity contribution is -0.131. The minimum absolute atomic E-state index is 0.684. The Labute approximate surface area is 85.8 Å². The molecule has 4 heteroatoms. The van der Waals surface area contributed by atoms with Crippen LogP contribution >= 0.6 is 11.8 Å². The minimum atomic E-state index is -0.910. The van der Waals surface area contributed by atoms with E-state index >= 15 is 0 Å². The lowest BCUT2D eigenvalue weighted by atomic mass is 10.3. The molecule has 0 aromatic heterocycles. The first kappa shape index (κ1) is 9.15. The molecule has 0 fully saturated rings. The Bertz CT molecular complexity index is 401. The standard InChI is InChI=1S/C10H9NO2S/c12-10(13)5-7-6-14-9-4-2-1-3-8(9)11-7/h1-5,11H,6H2,(H,12,13). The number of para-hydroxylation sites is 1. The summed E-state index contributed by atoms with van der Waals surface area (Å²) in [4.78, 5) is 11.6. The Morgan fingerprint density at radius 1 is 1.50 bits per heavy atom. The SMILES string of the molecule is O=C(O)C=C1CSc2ccccc2N1. The van der Waals surface area contributed by atoms with Crippen LogP contribution in [-0.4, -0.2) is 16.8 Å². The van der Waals surface area contributed by atoms with Gasteiger partial charge in [0.2, 0.25) is 0 Å². The lowest BCUT2D eigenvalue weighted by Gasteiger charge is -2.19. The molecule has 2 rings (SSSR count). The van der Waals surface area contributed by atoms with Gasteiger partial charge >= 0.3 is 5.97 Å². The quantitative estimate of drug-likeness (QED) is 0.693. The first-order chi connectivity index (χ1) is 6.75. The van der Waals surface area contributed by atoms with Crippen LogP contribution in [0.5, 0.6) is 0 Å². The third kappa shape index (κ3) is 1.90. The molecular weight excluding hydrogens is 198 g/mol. The summed E-state index contributed by atoms with van der Waals surface area (Å²) in [5, 5.41) is 11.7. The number of hydrogen-bond donors (Lipinski definition) is 2. The number of thioether (sulfide) groups is 1. The zero-order chi connectivity index (χ0) is 9.97. The number of carbonyl (C=O) groups is 1. The summed E-state index contributed by atoms with van der Waals surface area (Å²) in [7, 11) is 0. The number of carboxylic acid groups (broad SMARTS) is 1. The molecule has 0 atom stereocenters. The van der Waals surface area contributed by atoms with Crippen LogP contribution in [0, 0.1) is 0 Å². The van der Waals surface area contributed by atoms with Gasteiger partial charge in [-0.3, -0.25) is 0 Å². The van der Waals surface area contributed by atoms with E-state index in [4.69, 9.17) is 5.11 Å². The van der Waals surface area contributed by atoms with E-state index in [2.05, 4.69) is 5.32 Å². The van der Waals surface area contributed by atoms with Crippen LogP contribution in [0.15, 0.2) is 40.9 Å². The first-order valence-corrected chi connectivity index (χ1v) is 5.16. The van der Waals surface area contributed by atoms with Gasteiger partial charge in [0.1, 0.15) is 0 Å². The average molecular weight is 207 g/mol. The zero-order valence-electron chi connectivity index (χ0n) is 7.36. The number of carboxylic acids is 1. The fourth-order valence-electron chi connectivity index (χ4n) is 1.29. The Morgan fingerprint density at radius 2 is 2.29 bits per heavy atom. The molecule has 2 N–H and O–H groups in total. The molecule has 0 saturated carbocycles. The number of hydrogen-bond acceptors (Lipinski definition) is 3. The maximum atomic E-state index is 10.5. The largest absolute Gasteiger partial charge is 0.478 e. The molecule has 0 amide bonds. The molecule has 0 radical (unpaired) electrons. The minimum Gasteiger partial charge on any atom is -0.478 e. The van der Waals surface area contributed by atoms with Crippen molar-refractivity contribution in [3.8, 4) is 0 Å². The summed E-state index contributed by atoms with van der Waals surface area (Å²) in [5.74, 6) is -0.226. The molecular formula is C10H9NO2S. The number of rotatable bonds is 1. The summed E-state index contributed by atoms with van der Waals surface area (Å²) in [6, 6.07) is 7.86. The predicted molar refractivity (Wildman–Crippen MR) is 56.5 cm³/mol. The van der Waals surface area contributed by atoms with Crippen molar-refractivity contribution < 1.29 is 9.90 Å². The summed E-state index contributed by atoms with van der Waals surface area (Å²) >= 11 is 1.64. The van der Waals surface area contributed by atoms with Crippen LogP contribution in [0.3, 0.4) is 0 Å². The van der Waals surface area contributed by atoms with Crippen LogP contribution in [0.25, 0.3) is 0 Å². The van der Waals surface area contributed by atoms with Crippen LogP contribution in [0.1, 0.15) is 0 Å². The van der Waals surface area contributed by atoms with Gasteiger partial charge in [0.05, 0.1) is 5.69 Å². The number of anilines is 1. The molecule has 0 bridgehead atoms. The van der Waals surface area contributed by atoms with Crippen LogP contribution in [-0.2, 0) is 4.79 Å². The molecule has 0 unspecified atom stereocenters. The monoisotopic (exact) mass is 207 g/mol. The van der Waals surface area contributed by atoms with E-state index in [-0.39, 0.29) is 0 Å². The molecule has 3 nitrogen and oxygen atoms in total. The highest BCUT2D eigenvalue weighted by atomic mass is 32.2. The Balaban J connectivity index is 2.25. The smallest absolute Gasteiger partial charge is 0.330 e. The van der Waals surface area contributed by atoms with Gasteiger partial charge in [0, 0.05) is 22.4 Å². The molecule has 1 aliphatic rings. The van der Waals surface area contributed by atoms with E-state index in [0.29, 0.717) is 5.75 Å². The topological polar surface area (TPSA) is 49.3 Å². The number of aliphatic carboxylic acids is 1. The van der Waals surface area contributed by atoms with E-state index in [9.17, 15) is 4.79 Å². The van der Waals surface area contributed by atoms with Crippen molar-refractivity contribution in [2.75, 3.05) is 11.1 Å². The van der Waals surface area contributed by atoms with Gasteiger partial charge in [-0.25, -0.2) is 4.79 Å². The average Bonchev–Trinajstić information content (AvgIpc) is 2.17. The molecule has 0 spiro atoms. The second-order valence-electron chi connectivity index (χ2n) is 2.92. The zero-order valence-corrected chi connectivity index (χ0v) is 8.17. The summed E-state index contributed by atoms with van der Waals surface area (Å²) in [5.41, 5.74) is 1.72. The van der Waals surface area contributed by atoms with Crippen LogP contribution < -0.4 is 5.32 Å². The van der Waals surface area contributed by atoms with Crippen molar-refractivity contribution in [2.45, 2.75) is 4.90 Å². The summed E-state index contributed by atoms with van der Waals surface area (Å²) in [6.07, 6.45) is 1.21. The van der Waals surface area contributed by atoms with Gasteiger partial charge < -0.3 is 10.4 Å². The first-order valence-electron chi connectivity index (χ1n) is 4.18. The normalized spacial score (nSPS) is 17.3. The van der Waals surface area contributed by atoms with E-state index in [1.807, 2.05) is 24.3 Å². The lowest BCUT2D eigenvalue weighted by Crippen LogP contribution is -2.10. The fourth-order valence-corrected chi connectivity index (χ4v) is 2.20. The Morgan fingerprint density at radius 3 is 3.07 bits per heavy atom. The summed E-state index contributed by atoms with van der Waals surface area (Å²) < 4.78 is 0. The van der Waals surface area contributed by atoms with Crippen LogP contribution in [0.2, 0.25) is 0 Å². The van der Waals surface area contributed by atoms with Crippen molar-refractivity contribution >= 4 is 23.4 Å². The maximum Gasteiger partial charge on any atom is 0.330 e. The van der Waals surface area contributed by atoms with E-state index in [0.717, 1.165) is 16.3 Å². The van der Waals surface area contributed by atoms with Gasteiger partial charge in [-0.05, 0) is 12.1 Å². The van der Waals surface area contributed by atoms with Crippen molar-refractivity contribution in [1.29, 1.82) is 0 Å². The van der Waals surface area contributed by atoms with Crippen molar-refractivity contribution in [3.63, 3.8) is 0 Å². The third-order valence-electron chi connectivity index (χ3n) is 1.86. The molecule has 1 aliphatic heterocycles. The number of fused-ring (bicyclic) bond motifs is 1. The van der Waals surface area contributed by atoms with Gasteiger partial charge in [-0.1, -0.05) is 12.1 Å². The van der Waals surface area contributed by atoms with Crippen molar-refractivity contribution in [2.24, 2.45) is 0 Å². The summed E-state index contributed by atoms with van der Waals surface area (Å²) in [6.45, 7) is 0. The highest BCUT2D eigenvalue weighted by molar-refractivity contribution is 7.99. The van der Waals surface area contributed by atoms with Crippen molar-refractivity contribution in [3.05, 3.63) is 36.0 Å². The Kier molecular flexibility index (Phi) is 2.45. The number of nitrogens with one attached hydrogen (secondary N) is 1. The Hall–Kier alpha value is -1.42. The predicted octanol–water partition coefficient (Wildman–Crippen LogP) is 2.17. The van der Waals surface area contributed by atoms with Gasteiger partial charge in [0.15, 0.2) is 0 Å². The molecule has 0 saturated heterocycles. The van der Waals surface area contributed by atoms with Crippen LogP contribution in [0.4, 0.5) is 5.69 Å². The molecule has 0 aliphatic carbocycles. The molecule has 1 aromatic carbocycles. The fraction of sp³-hybridized carbons (Fsp3) is 0.100. The third-order valence-corrected chi connectivity index (χ3v) is 2.99. The van der Waals surface area contributed by atoms with E-state index < -0.39 is 5.97 Å². The molecule has 1 heterocycles. The van der Waals surface area contributed by atoms with Crippen molar-refractivity contribution in [1.82, 2.24) is 0 Å². The second kappa shape index (κ2) is 3.75. The van der Waals surface area contributed by atoms with Gasteiger partial charge in [-0.15, -0.1) is 11.8 Å². The van der Waals surface area contributed by atoms with E-state index in [1.54, 1.807) is 11.8 Å². The number of benzene rings is 1.